The first-order chi connectivity index (χ1) is 9.21. The molecule has 0 heterocycles. The highest BCUT2D eigenvalue weighted by molar-refractivity contribution is 5.52. The number of hydrogen-bond acceptors (Lipinski definition) is 3. The van der Waals surface area contributed by atoms with E-state index < -0.39 is 0 Å². The van der Waals surface area contributed by atoms with Crippen molar-refractivity contribution in [1.29, 1.82) is 0 Å². The minimum Gasteiger partial charge on any atom is -0.506 e. The summed E-state index contributed by atoms with van der Waals surface area (Å²) in [5, 5.41) is 18.0. The number of hydrogen-bond donors (Lipinski definition) is 1. The van der Waals surface area contributed by atoms with E-state index in [-0.39, 0.29) is 5.75 Å². The molecule has 0 unspecified atom stereocenters. The summed E-state index contributed by atoms with van der Waals surface area (Å²) in [6.45, 7) is 5.93. The lowest BCUT2D eigenvalue weighted by atomic mass is 10.1. The topological polar surface area (TPSA) is 45.0 Å². The van der Waals surface area contributed by atoms with Crippen LogP contribution in [0.4, 0.5) is 5.69 Å². The Balaban J connectivity index is 3.01. The summed E-state index contributed by atoms with van der Waals surface area (Å²) in [6, 6.07) is 5.39. The second-order valence-corrected chi connectivity index (χ2v) is 3.99. The molecule has 100 valence electrons. The average molecular weight is 256 g/mol. The molecule has 3 nitrogen and oxygen atoms in total. The van der Waals surface area contributed by atoms with Gasteiger partial charge in [-0.15, -0.1) is 5.11 Å². The number of aryl methyl sites for hydroxylation is 1. The lowest BCUT2D eigenvalue weighted by molar-refractivity contribution is 0.476. The van der Waals surface area contributed by atoms with E-state index in [1.165, 1.54) is 0 Å². The number of benzene rings is 1. The van der Waals surface area contributed by atoms with Gasteiger partial charge in [-0.1, -0.05) is 31.2 Å². The van der Waals surface area contributed by atoms with Crippen LogP contribution in [0.5, 0.6) is 5.75 Å². The van der Waals surface area contributed by atoms with Crippen molar-refractivity contribution in [3.8, 4) is 5.75 Å². The Kier molecular flexibility index (Phi) is 6.30. The zero-order chi connectivity index (χ0) is 14.1. The molecule has 0 saturated heterocycles. The molecule has 0 aromatic heterocycles. The first-order valence-corrected chi connectivity index (χ1v) is 6.40. The van der Waals surface area contributed by atoms with Crippen LogP contribution in [0.15, 0.2) is 64.5 Å². The number of rotatable bonds is 5. The maximum absolute atomic E-state index is 9.74. The minimum atomic E-state index is 0.145. The maximum Gasteiger partial charge on any atom is 0.143 e. The molecular formula is C16H20N2O. The lowest BCUT2D eigenvalue weighted by Gasteiger charge is -2.01. The molecule has 0 spiro atoms. The van der Waals surface area contributed by atoms with E-state index in [0.717, 1.165) is 17.7 Å². The third-order valence-electron chi connectivity index (χ3n) is 2.52. The molecule has 3 heteroatoms. The van der Waals surface area contributed by atoms with Gasteiger partial charge < -0.3 is 5.11 Å². The SMILES string of the molecule is C\C=C/C=C(\C=C/C)/N=N/c1cc(CC)ccc1O. The molecule has 0 saturated carbocycles. The highest BCUT2D eigenvalue weighted by Crippen LogP contribution is 2.28. The third-order valence-corrected chi connectivity index (χ3v) is 2.52. The van der Waals surface area contributed by atoms with Crippen molar-refractivity contribution in [2.45, 2.75) is 27.2 Å². The normalized spacial score (nSPS) is 13.1. The van der Waals surface area contributed by atoms with Gasteiger partial charge in [-0.2, -0.15) is 5.11 Å². The van der Waals surface area contributed by atoms with E-state index in [4.69, 9.17) is 0 Å². The largest absolute Gasteiger partial charge is 0.506 e. The van der Waals surface area contributed by atoms with Crippen molar-refractivity contribution < 1.29 is 5.11 Å². The van der Waals surface area contributed by atoms with Gasteiger partial charge in [0, 0.05) is 0 Å². The smallest absolute Gasteiger partial charge is 0.143 e. The summed E-state index contributed by atoms with van der Waals surface area (Å²) in [7, 11) is 0. The van der Waals surface area contributed by atoms with Crippen LogP contribution in [0, 0.1) is 0 Å². The van der Waals surface area contributed by atoms with Gasteiger partial charge in [0.05, 0.1) is 5.70 Å². The van der Waals surface area contributed by atoms with Gasteiger partial charge in [0.1, 0.15) is 11.4 Å². The van der Waals surface area contributed by atoms with E-state index in [2.05, 4.69) is 17.2 Å². The number of aromatic hydroxyl groups is 1. The summed E-state index contributed by atoms with van der Waals surface area (Å²) in [5.41, 5.74) is 2.36. The summed E-state index contributed by atoms with van der Waals surface area (Å²) >= 11 is 0. The molecule has 0 aliphatic carbocycles. The van der Waals surface area contributed by atoms with E-state index in [9.17, 15) is 5.11 Å². The van der Waals surface area contributed by atoms with Crippen LogP contribution in [0.3, 0.4) is 0 Å². The van der Waals surface area contributed by atoms with Gasteiger partial charge >= 0.3 is 0 Å². The Bertz CT molecular complexity index is 526. The standard InChI is InChI=1S/C16H20N2O/c1-4-7-9-14(8-5-2)17-18-15-12-13(6-3)10-11-16(15)19/h4-5,7-12,19H,6H2,1-3H3/b7-4-,8-5-,14-9+,18-17+. The van der Waals surface area contributed by atoms with Crippen molar-refractivity contribution in [2.75, 3.05) is 0 Å². The Hall–Kier alpha value is -2.16. The van der Waals surface area contributed by atoms with Crippen LogP contribution in [0.1, 0.15) is 26.3 Å². The van der Waals surface area contributed by atoms with Gasteiger partial charge in [-0.05, 0) is 50.1 Å². The maximum atomic E-state index is 9.74. The van der Waals surface area contributed by atoms with Crippen LogP contribution >= 0.6 is 0 Å². The summed E-state index contributed by atoms with van der Waals surface area (Å²) in [5.74, 6) is 0.145. The summed E-state index contributed by atoms with van der Waals surface area (Å²) in [4.78, 5) is 0. The number of phenols is 1. The quantitative estimate of drug-likeness (QED) is 0.579. The van der Waals surface area contributed by atoms with Gasteiger partial charge in [0.15, 0.2) is 0 Å². The molecule has 0 fully saturated rings. The second kappa shape index (κ2) is 8.03. The highest BCUT2D eigenvalue weighted by Gasteiger charge is 2.00. The molecule has 19 heavy (non-hydrogen) atoms. The molecule has 0 radical (unpaired) electrons. The zero-order valence-electron chi connectivity index (χ0n) is 11.7. The molecule has 1 N–H and O–H groups in total. The second-order valence-electron chi connectivity index (χ2n) is 3.99. The van der Waals surface area contributed by atoms with Gasteiger partial charge in [-0.3, -0.25) is 0 Å². The predicted octanol–water partition coefficient (Wildman–Crippen LogP) is 5.07. The van der Waals surface area contributed by atoms with E-state index >= 15 is 0 Å². The van der Waals surface area contributed by atoms with E-state index in [1.54, 1.807) is 6.07 Å². The fourth-order valence-corrected chi connectivity index (χ4v) is 1.47. The molecule has 0 atom stereocenters. The fraction of sp³-hybridized carbons (Fsp3) is 0.250. The predicted molar refractivity (Wildman–Crippen MR) is 79.7 cm³/mol. The average Bonchev–Trinajstić information content (AvgIpc) is 2.43. The van der Waals surface area contributed by atoms with Crippen LogP contribution in [0.25, 0.3) is 0 Å². The number of phenolic OH excluding ortho intramolecular Hbond substituents is 1. The van der Waals surface area contributed by atoms with E-state index in [0.29, 0.717) is 5.69 Å². The molecular weight excluding hydrogens is 236 g/mol. The van der Waals surface area contributed by atoms with Crippen LogP contribution in [-0.4, -0.2) is 5.11 Å². The number of nitrogens with zero attached hydrogens (tertiary/aromatic N) is 2. The Morgan fingerprint density at radius 1 is 1.26 bits per heavy atom. The van der Waals surface area contributed by atoms with Crippen molar-refractivity contribution >= 4 is 5.69 Å². The van der Waals surface area contributed by atoms with Gasteiger partial charge in [0.25, 0.3) is 0 Å². The monoisotopic (exact) mass is 256 g/mol. The molecule has 1 aromatic carbocycles. The third kappa shape index (κ3) is 4.92. The van der Waals surface area contributed by atoms with Crippen LogP contribution < -0.4 is 0 Å². The van der Waals surface area contributed by atoms with Crippen molar-refractivity contribution in [1.82, 2.24) is 0 Å². The molecule has 1 aromatic rings. The Labute approximate surface area is 114 Å². The highest BCUT2D eigenvalue weighted by atomic mass is 16.3. The summed E-state index contributed by atoms with van der Waals surface area (Å²) < 4.78 is 0. The van der Waals surface area contributed by atoms with Crippen molar-refractivity contribution in [3.63, 3.8) is 0 Å². The van der Waals surface area contributed by atoms with E-state index in [1.807, 2.05) is 56.4 Å². The first kappa shape index (κ1) is 14.9. The fourth-order valence-electron chi connectivity index (χ4n) is 1.47. The van der Waals surface area contributed by atoms with Crippen LogP contribution in [-0.2, 0) is 6.42 Å². The molecule has 0 aliphatic heterocycles. The Morgan fingerprint density at radius 2 is 2.05 bits per heavy atom. The minimum absolute atomic E-state index is 0.145. The zero-order valence-corrected chi connectivity index (χ0v) is 11.7. The van der Waals surface area contributed by atoms with Crippen molar-refractivity contribution in [2.24, 2.45) is 10.2 Å². The summed E-state index contributed by atoms with van der Waals surface area (Å²) in [6.07, 6.45) is 10.4. The molecule has 1 rings (SSSR count). The van der Waals surface area contributed by atoms with Gasteiger partial charge in [0.2, 0.25) is 0 Å². The first-order valence-electron chi connectivity index (χ1n) is 6.40. The number of azo groups is 1. The van der Waals surface area contributed by atoms with Gasteiger partial charge in [-0.25, -0.2) is 0 Å². The molecule has 0 amide bonds. The molecule has 0 bridgehead atoms. The number of allylic oxidation sites excluding steroid dienone is 5. The van der Waals surface area contributed by atoms with Crippen LogP contribution in [0.2, 0.25) is 0 Å². The van der Waals surface area contributed by atoms with Crippen molar-refractivity contribution in [3.05, 3.63) is 59.8 Å². The Morgan fingerprint density at radius 3 is 2.68 bits per heavy atom. The lowest BCUT2D eigenvalue weighted by Crippen LogP contribution is -1.78. The molecule has 0 aliphatic rings.